The Labute approximate surface area is 114 Å². The Hall–Kier alpha value is -1.55. The van der Waals surface area contributed by atoms with Crippen LogP contribution in [0.25, 0.3) is 0 Å². The third-order valence-electron chi connectivity index (χ3n) is 3.79. The van der Waals surface area contributed by atoms with Gasteiger partial charge < -0.3 is 9.84 Å². The highest BCUT2D eigenvalue weighted by molar-refractivity contribution is 5.87. The number of piperidine rings is 1. The molecule has 0 radical (unpaired) electrons. The third-order valence-corrected chi connectivity index (χ3v) is 3.79. The molecule has 2 unspecified atom stereocenters. The normalized spacial score (nSPS) is 21.9. The standard InChI is InChI=1S/C15H21NO3/c1-11(14-5-3-4-10-16(14)2)19-13-8-6-12(7-9-13)15(17)18/h6-9,11,14H,3-5,10H2,1-2H3,(H,17,18). The quantitative estimate of drug-likeness (QED) is 0.907. The average Bonchev–Trinajstić information content (AvgIpc) is 2.39. The van der Waals surface area contributed by atoms with Crippen LogP contribution in [0.4, 0.5) is 0 Å². The monoisotopic (exact) mass is 263 g/mol. The van der Waals surface area contributed by atoms with Gasteiger partial charge in [-0.1, -0.05) is 6.42 Å². The Morgan fingerprint density at radius 1 is 1.37 bits per heavy atom. The van der Waals surface area contributed by atoms with Gasteiger partial charge in [-0.25, -0.2) is 4.79 Å². The van der Waals surface area contributed by atoms with Crippen LogP contribution < -0.4 is 4.74 Å². The number of carboxylic acids is 1. The lowest BCUT2D eigenvalue weighted by molar-refractivity contribution is 0.0682. The van der Waals surface area contributed by atoms with Gasteiger partial charge in [-0.2, -0.15) is 0 Å². The fourth-order valence-electron chi connectivity index (χ4n) is 2.66. The predicted octanol–water partition coefficient (Wildman–Crippen LogP) is 2.64. The maximum absolute atomic E-state index is 10.8. The summed E-state index contributed by atoms with van der Waals surface area (Å²) in [4.78, 5) is 13.1. The number of carboxylic acid groups (broad SMARTS) is 1. The predicted molar refractivity (Wildman–Crippen MR) is 73.8 cm³/mol. The molecule has 1 heterocycles. The zero-order valence-corrected chi connectivity index (χ0v) is 11.5. The average molecular weight is 263 g/mol. The largest absolute Gasteiger partial charge is 0.489 e. The summed E-state index contributed by atoms with van der Waals surface area (Å²) in [6.07, 6.45) is 3.78. The Morgan fingerprint density at radius 3 is 2.63 bits per heavy atom. The molecule has 4 heteroatoms. The van der Waals surface area contributed by atoms with E-state index in [1.807, 2.05) is 0 Å². The van der Waals surface area contributed by atoms with Crippen molar-refractivity contribution in [2.75, 3.05) is 13.6 Å². The molecule has 4 nitrogen and oxygen atoms in total. The topological polar surface area (TPSA) is 49.8 Å². The van der Waals surface area contributed by atoms with Crippen molar-refractivity contribution in [3.05, 3.63) is 29.8 Å². The molecule has 1 N–H and O–H groups in total. The first-order chi connectivity index (χ1) is 9.08. The second-order valence-electron chi connectivity index (χ2n) is 5.20. The van der Waals surface area contributed by atoms with Gasteiger partial charge in [0, 0.05) is 6.04 Å². The molecule has 0 aliphatic carbocycles. The van der Waals surface area contributed by atoms with E-state index in [1.54, 1.807) is 24.3 Å². The Balaban J connectivity index is 1.97. The van der Waals surface area contributed by atoms with Crippen molar-refractivity contribution < 1.29 is 14.6 Å². The number of rotatable bonds is 4. The summed E-state index contributed by atoms with van der Waals surface area (Å²) in [5.41, 5.74) is 0.287. The zero-order valence-electron chi connectivity index (χ0n) is 11.5. The minimum atomic E-state index is -0.911. The molecule has 1 aliphatic rings. The summed E-state index contributed by atoms with van der Waals surface area (Å²) in [6.45, 7) is 3.20. The van der Waals surface area contributed by atoms with Gasteiger partial charge in [-0.05, 0) is 57.6 Å². The van der Waals surface area contributed by atoms with Crippen LogP contribution in [-0.2, 0) is 0 Å². The first kappa shape index (κ1) is 13.9. The maximum Gasteiger partial charge on any atom is 0.335 e. The molecule has 0 bridgehead atoms. The number of aromatic carboxylic acids is 1. The van der Waals surface area contributed by atoms with Crippen molar-refractivity contribution in [3.8, 4) is 5.75 Å². The molecule has 2 atom stereocenters. The molecule has 1 saturated heterocycles. The molecule has 1 aromatic rings. The van der Waals surface area contributed by atoms with E-state index in [9.17, 15) is 4.79 Å². The number of carbonyl (C=O) groups is 1. The molecule has 0 saturated carbocycles. The molecule has 1 aromatic carbocycles. The maximum atomic E-state index is 10.8. The van der Waals surface area contributed by atoms with Crippen molar-refractivity contribution in [3.63, 3.8) is 0 Å². The summed E-state index contributed by atoms with van der Waals surface area (Å²) in [5.74, 6) is -0.178. The summed E-state index contributed by atoms with van der Waals surface area (Å²) in [5, 5.41) is 8.85. The summed E-state index contributed by atoms with van der Waals surface area (Å²) in [6, 6.07) is 7.04. The van der Waals surface area contributed by atoms with Gasteiger partial charge in [0.2, 0.25) is 0 Å². The fraction of sp³-hybridized carbons (Fsp3) is 0.533. The van der Waals surface area contributed by atoms with Crippen LogP contribution in [0.3, 0.4) is 0 Å². The SMILES string of the molecule is CC(Oc1ccc(C(=O)O)cc1)C1CCCCN1C. The second kappa shape index (κ2) is 6.06. The van der Waals surface area contributed by atoms with E-state index < -0.39 is 5.97 Å². The van der Waals surface area contributed by atoms with Gasteiger partial charge in [-0.15, -0.1) is 0 Å². The minimum Gasteiger partial charge on any atom is -0.489 e. The van der Waals surface area contributed by atoms with E-state index in [4.69, 9.17) is 9.84 Å². The summed E-state index contributed by atoms with van der Waals surface area (Å²) < 4.78 is 5.92. The molecule has 1 aliphatic heterocycles. The Morgan fingerprint density at radius 2 is 2.05 bits per heavy atom. The van der Waals surface area contributed by atoms with E-state index in [0.29, 0.717) is 6.04 Å². The van der Waals surface area contributed by atoms with Gasteiger partial charge in [0.15, 0.2) is 0 Å². The molecule has 0 amide bonds. The van der Waals surface area contributed by atoms with E-state index >= 15 is 0 Å². The Kier molecular flexibility index (Phi) is 4.43. The van der Waals surface area contributed by atoms with Gasteiger partial charge in [0.1, 0.15) is 11.9 Å². The molecule has 104 valence electrons. The van der Waals surface area contributed by atoms with E-state index in [1.165, 1.54) is 12.8 Å². The molecular weight excluding hydrogens is 242 g/mol. The van der Waals surface area contributed by atoms with Crippen LogP contribution in [-0.4, -0.2) is 41.7 Å². The number of hydrogen-bond donors (Lipinski definition) is 1. The van der Waals surface area contributed by atoms with Crippen LogP contribution in [0, 0.1) is 0 Å². The second-order valence-corrected chi connectivity index (χ2v) is 5.20. The number of ether oxygens (including phenoxy) is 1. The summed E-state index contributed by atoms with van der Waals surface area (Å²) >= 11 is 0. The van der Waals surface area contributed by atoms with Crippen molar-refractivity contribution in [1.82, 2.24) is 4.90 Å². The van der Waals surface area contributed by atoms with E-state index in [2.05, 4.69) is 18.9 Å². The molecule has 0 spiro atoms. The lowest BCUT2D eigenvalue weighted by atomic mass is 9.99. The molecule has 19 heavy (non-hydrogen) atoms. The van der Waals surface area contributed by atoms with Gasteiger partial charge in [-0.3, -0.25) is 4.90 Å². The van der Waals surface area contributed by atoms with E-state index in [0.717, 1.165) is 18.7 Å². The van der Waals surface area contributed by atoms with Crippen LogP contribution in [0.1, 0.15) is 36.5 Å². The zero-order chi connectivity index (χ0) is 13.8. The van der Waals surface area contributed by atoms with E-state index in [-0.39, 0.29) is 11.7 Å². The number of likely N-dealkylation sites (tertiary alicyclic amines) is 1. The van der Waals surface area contributed by atoms with Gasteiger partial charge in [0.05, 0.1) is 5.56 Å². The first-order valence-corrected chi connectivity index (χ1v) is 6.78. The van der Waals surface area contributed by atoms with Crippen molar-refractivity contribution in [1.29, 1.82) is 0 Å². The highest BCUT2D eigenvalue weighted by Crippen LogP contribution is 2.22. The number of benzene rings is 1. The smallest absolute Gasteiger partial charge is 0.335 e. The number of nitrogens with zero attached hydrogens (tertiary/aromatic N) is 1. The first-order valence-electron chi connectivity index (χ1n) is 6.78. The van der Waals surface area contributed by atoms with Gasteiger partial charge >= 0.3 is 5.97 Å². The molecule has 0 aromatic heterocycles. The lowest BCUT2D eigenvalue weighted by Gasteiger charge is -2.36. The molecule has 1 fully saturated rings. The van der Waals surface area contributed by atoms with Crippen LogP contribution in [0.5, 0.6) is 5.75 Å². The van der Waals surface area contributed by atoms with Crippen LogP contribution in [0.15, 0.2) is 24.3 Å². The molecule has 2 rings (SSSR count). The summed E-state index contributed by atoms with van der Waals surface area (Å²) in [7, 11) is 2.14. The van der Waals surface area contributed by atoms with Crippen molar-refractivity contribution >= 4 is 5.97 Å². The highest BCUT2D eigenvalue weighted by atomic mass is 16.5. The van der Waals surface area contributed by atoms with Crippen molar-refractivity contribution in [2.45, 2.75) is 38.3 Å². The van der Waals surface area contributed by atoms with Crippen molar-refractivity contribution in [2.24, 2.45) is 0 Å². The number of likely N-dealkylation sites (N-methyl/N-ethyl adjacent to an activating group) is 1. The third kappa shape index (κ3) is 3.47. The lowest BCUT2D eigenvalue weighted by Crippen LogP contribution is -2.45. The van der Waals surface area contributed by atoms with Gasteiger partial charge in [0.25, 0.3) is 0 Å². The Bertz CT molecular complexity index is 430. The van der Waals surface area contributed by atoms with Crippen LogP contribution >= 0.6 is 0 Å². The minimum absolute atomic E-state index is 0.112. The highest BCUT2D eigenvalue weighted by Gasteiger charge is 2.25. The number of hydrogen-bond acceptors (Lipinski definition) is 3. The fourth-order valence-corrected chi connectivity index (χ4v) is 2.66. The molecular formula is C15H21NO3. The van der Waals surface area contributed by atoms with Crippen LogP contribution in [0.2, 0.25) is 0 Å².